The topological polar surface area (TPSA) is 12.0 Å². The molecule has 82 valence electrons. The van der Waals surface area contributed by atoms with Gasteiger partial charge < -0.3 is 5.32 Å². The van der Waals surface area contributed by atoms with Crippen LogP contribution in [-0.2, 0) is 6.42 Å². The molecule has 0 unspecified atom stereocenters. The molecule has 0 spiro atoms. The van der Waals surface area contributed by atoms with Gasteiger partial charge in [0, 0.05) is 11.6 Å². The summed E-state index contributed by atoms with van der Waals surface area (Å²) in [5.41, 5.74) is 0.164. The van der Waals surface area contributed by atoms with Gasteiger partial charge >= 0.3 is 0 Å². The van der Waals surface area contributed by atoms with Crippen LogP contribution in [-0.4, -0.2) is 12.6 Å². The summed E-state index contributed by atoms with van der Waals surface area (Å²) in [5, 5.41) is 3.23. The number of halogens is 3. The van der Waals surface area contributed by atoms with E-state index in [1.54, 1.807) is 0 Å². The zero-order valence-corrected chi connectivity index (χ0v) is 9.78. The molecular formula is C11H12BrF2N. The minimum absolute atomic E-state index is 0.164. The Labute approximate surface area is 96.0 Å². The van der Waals surface area contributed by atoms with Crippen LogP contribution in [0.5, 0.6) is 0 Å². The Kier molecular flexibility index (Phi) is 3.36. The summed E-state index contributed by atoms with van der Waals surface area (Å²) in [6.07, 6.45) is 2.76. The molecule has 0 aromatic heterocycles. The quantitative estimate of drug-likeness (QED) is 0.833. The van der Waals surface area contributed by atoms with Crippen molar-refractivity contribution in [3.63, 3.8) is 0 Å². The first-order valence-electron chi connectivity index (χ1n) is 5.04. The summed E-state index contributed by atoms with van der Waals surface area (Å²) in [5.74, 6) is -0.944. The van der Waals surface area contributed by atoms with Crippen LogP contribution in [0.15, 0.2) is 16.6 Å². The fourth-order valence-corrected chi connectivity index (χ4v) is 1.86. The highest BCUT2D eigenvalue weighted by Gasteiger charge is 2.20. The summed E-state index contributed by atoms with van der Waals surface area (Å²) in [4.78, 5) is 0. The maximum atomic E-state index is 13.5. The molecule has 0 atom stereocenters. The molecule has 1 aliphatic rings. The number of rotatable bonds is 4. The van der Waals surface area contributed by atoms with E-state index in [0.29, 0.717) is 23.5 Å². The first-order valence-corrected chi connectivity index (χ1v) is 5.83. The summed E-state index contributed by atoms with van der Waals surface area (Å²) in [6, 6.07) is 3.26. The Balaban J connectivity index is 2.01. The fraction of sp³-hybridized carbons (Fsp3) is 0.455. The summed E-state index contributed by atoms with van der Waals surface area (Å²) < 4.78 is 27.1. The van der Waals surface area contributed by atoms with Gasteiger partial charge in [-0.25, -0.2) is 8.78 Å². The minimum atomic E-state index is -0.479. The smallest absolute Gasteiger partial charge is 0.143 e. The lowest BCUT2D eigenvalue weighted by molar-refractivity contribution is 0.542. The predicted octanol–water partition coefficient (Wildman–Crippen LogP) is 3.02. The van der Waals surface area contributed by atoms with Gasteiger partial charge in [0.15, 0.2) is 0 Å². The monoisotopic (exact) mass is 275 g/mol. The summed E-state index contributed by atoms with van der Waals surface area (Å²) in [6.45, 7) is 0.634. The Hall–Kier alpha value is -0.480. The predicted molar refractivity (Wildman–Crippen MR) is 58.8 cm³/mol. The van der Waals surface area contributed by atoms with E-state index in [9.17, 15) is 8.78 Å². The van der Waals surface area contributed by atoms with Crippen LogP contribution in [0.25, 0.3) is 0 Å². The lowest BCUT2D eigenvalue weighted by atomic mass is 10.1. The molecule has 1 saturated carbocycles. The van der Waals surface area contributed by atoms with E-state index in [1.165, 1.54) is 25.0 Å². The normalized spacial score (nSPS) is 15.7. The molecule has 0 radical (unpaired) electrons. The first-order chi connectivity index (χ1) is 7.18. The third-order valence-corrected chi connectivity index (χ3v) is 3.14. The standard InChI is InChI=1S/C11H12BrF2N/c12-9-3-4-10(13)8(11(9)14)5-6-15-7-1-2-7/h3-4,7,15H,1-2,5-6H2. The van der Waals surface area contributed by atoms with Crippen LogP contribution in [0, 0.1) is 11.6 Å². The van der Waals surface area contributed by atoms with Crippen molar-refractivity contribution in [2.75, 3.05) is 6.54 Å². The van der Waals surface area contributed by atoms with Crippen molar-refractivity contribution in [1.82, 2.24) is 5.32 Å². The van der Waals surface area contributed by atoms with Gasteiger partial charge in [0.25, 0.3) is 0 Å². The zero-order valence-electron chi connectivity index (χ0n) is 8.19. The molecule has 4 heteroatoms. The summed E-state index contributed by atoms with van der Waals surface area (Å²) >= 11 is 3.05. The largest absolute Gasteiger partial charge is 0.314 e. The molecule has 1 aliphatic carbocycles. The molecule has 0 saturated heterocycles. The second-order valence-corrected chi connectivity index (χ2v) is 4.65. The van der Waals surface area contributed by atoms with Gasteiger partial charge in [0.2, 0.25) is 0 Å². The van der Waals surface area contributed by atoms with Crippen LogP contribution in [0.2, 0.25) is 0 Å². The van der Waals surface area contributed by atoms with E-state index < -0.39 is 11.6 Å². The van der Waals surface area contributed by atoms with Gasteiger partial charge in [-0.2, -0.15) is 0 Å². The molecule has 15 heavy (non-hydrogen) atoms. The molecule has 1 nitrogen and oxygen atoms in total. The lowest BCUT2D eigenvalue weighted by Gasteiger charge is -2.07. The second-order valence-electron chi connectivity index (χ2n) is 3.80. The van der Waals surface area contributed by atoms with E-state index in [4.69, 9.17) is 0 Å². The van der Waals surface area contributed by atoms with Gasteiger partial charge in [-0.1, -0.05) is 0 Å². The fourth-order valence-electron chi connectivity index (χ4n) is 1.49. The molecule has 1 fully saturated rings. The molecule has 1 N–H and O–H groups in total. The van der Waals surface area contributed by atoms with Crippen molar-refractivity contribution in [2.24, 2.45) is 0 Å². The highest BCUT2D eigenvalue weighted by Crippen LogP contribution is 2.22. The minimum Gasteiger partial charge on any atom is -0.314 e. The number of nitrogens with one attached hydrogen (secondary N) is 1. The van der Waals surface area contributed by atoms with Crippen LogP contribution >= 0.6 is 15.9 Å². The highest BCUT2D eigenvalue weighted by atomic mass is 79.9. The van der Waals surface area contributed by atoms with E-state index in [2.05, 4.69) is 21.2 Å². The van der Waals surface area contributed by atoms with Crippen molar-refractivity contribution >= 4 is 15.9 Å². The second kappa shape index (κ2) is 4.58. The Morgan fingerprint density at radius 3 is 2.73 bits per heavy atom. The molecule has 2 rings (SSSR count). The molecule has 0 amide bonds. The molecule has 1 aromatic carbocycles. The van der Waals surface area contributed by atoms with Crippen molar-refractivity contribution < 1.29 is 8.78 Å². The Morgan fingerprint density at radius 1 is 1.33 bits per heavy atom. The van der Waals surface area contributed by atoms with Gasteiger partial charge in [0.1, 0.15) is 11.6 Å². The van der Waals surface area contributed by atoms with E-state index >= 15 is 0 Å². The van der Waals surface area contributed by atoms with Gasteiger partial charge in [-0.05, 0) is 53.9 Å². The number of benzene rings is 1. The van der Waals surface area contributed by atoms with Crippen molar-refractivity contribution in [2.45, 2.75) is 25.3 Å². The first kappa shape index (κ1) is 11.0. The van der Waals surface area contributed by atoms with Crippen molar-refractivity contribution in [3.05, 3.63) is 33.8 Å². The number of hydrogen-bond donors (Lipinski definition) is 1. The maximum absolute atomic E-state index is 13.5. The SMILES string of the molecule is Fc1ccc(Br)c(F)c1CCNC1CC1. The van der Waals surface area contributed by atoms with Crippen molar-refractivity contribution in [3.8, 4) is 0 Å². The third-order valence-electron chi connectivity index (χ3n) is 2.52. The third kappa shape index (κ3) is 2.75. The molecule has 1 aromatic rings. The van der Waals surface area contributed by atoms with Gasteiger partial charge in [-0.3, -0.25) is 0 Å². The van der Waals surface area contributed by atoms with Gasteiger partial charge in [-0.15, -0.1) is 0 Å². The van der Waals surface area contributed by atoms with Crippen LogP contribution in [0.1, 0.15) is 18.4 Å². The number of hydrogen-bond acceptors (Lipinski definition) is 1. The van der Waals surface area contributed by atoms with Crippen LogP contribution in [0.4, 0.5) is 8.78 Å². The van der Waals surface area contributed by atoms with Crippen LogP contribution < -0.4 is 5.32 Å². The molecule has 0 heterocycles. The van der Waals surface area contributed by atoms with Gasteiger partial charge in [0.05, 0.1) is 4.47 Å². The van der Waals surface area contributed by atoms with E-state index in [1.807, 2.05) is 0 Å². The summed E-state index contributed by atoms with van der Waals surface area (Å²) in [7, 11) is 0. The average molecular weight is 276 g/mol. The van der Waals surface area contributed by atoms with Crippen LogP contribution in [0.3, 0.4) is 0 Å². The van der Waals surface area contributed by atoms with Crippen molar-refractivity contribution in [1.29, 1.82) is 0 Å². The molecule has 0 aliphatic heterocycles. The van der Waals surface area contributed by atoms with E-state index in [-0.39, 0.29) is 5.56 Å². The maximum Gasteiger partial charge on any atom is 0.143 e. The average Bonchev–Trinajstić information content (AvgIpc) is 3.01. The lowest BCUT2D eigenvalue weighted by Crippen LogP contribution is -2.20. The van der Waals surface area contributed by atoms with E-state index in [0.717, 1.165) is 0 Å². The molecule has 0 bridgehead atoms. The highest BCUT2D eigenvalue weighted by molar-refractivity contribution is 9.10. The molecular weight excluding hydrogens is 264 g/mol. The Bertz CT molecular complexity index is 364. The Morgan fingerprint density at radius 2 is 2.07 bits per heavy atom. The zero-order chi connectivity index (χ0) is 10.8.